The first-order chi connectivity index (χ1) is 24.8. The monoisotopic (exact) mass is 640 g/mol. The summed E-state index contributed by atoms with van der Waals surface area (Å²) in [5.41, 5.74) is 9.81. The third-order valence-corrected chi connectivity index (χ3v) is 9.46. The lowest BCUT2D eigenvalue weighted by atomic mass is 10.0. The predicted octanol–water partition coefficient (Wildman–Crippen LogP) is 11.5. The molecule has 10 aromatic rings. The Bertz CT molecular complexity index is 2820. The van der Waals surface area contributed by atoms with E-state index in [-0.39, 0.29) is 0 Å². The van der Waals surface area contributed by atoms with Crippen LogP contribution in [0.2, 0.25) is 0 Å². The number of benzene rings is 7. The van der Waals surface area contributed by atoms with Gasteiger partial charge >= 0.3 is 0 Å². The van der Waals surface area contributed by atoms with Crippen LogP contribution in [0.4, 0.5) is 0 Å². The number of aromatic nitrogens is 4. The Labute approximate surface area is 287 Å². The first-order valence-electron chi connectivity index (χ1n) is 16.7. The van der Waals surface area contributed by atoms with E-state index in [9.17, 15) is 0 Å². The second-order valence-corrected chi connectivity index (χ2v) is 12.5. The smallest absolute Gasteiger partial charge is 0.167 e. The van der Waals surface area contributed by atoms with E-state index in [1.165, 1.54) is 10.8 Å². The number of hydrogen-bond acceptors (Lipinski definition) is 4. The average molecular weight is 641 g/mol. The number of fused-ring (bicyclic) bond motifs is 6. The van der Waals surface area contributed by atoms with E-state index >= 15 is 0 Å². The Morgan fingerprint density at radius 1 is 0.380 bits per heavy atom. The van der Waals surface area contributed by atoms with E-state index in [0.717, 1.165) is 66.5 Å². The van der Waals surface area contributed by atoms with Gasteiger partial charge in [-0.2, -0.15) is 0 Å². The van der Waals surface area contributed by atoms with Crippen LogP contribution < -0.4 is 0 Å². The van der Waals surface area contributed by atoms with Gasteiger partial charge in [-0.1, -0.05) is 127 Å². The maximum absolute atomic E-state index is 6.76. The fraction of sp³-hybridized carbons (Fsp3) is 0. The van der Waals surface area contributed by atoms with Crippen molar-refractivity contribution in [3.05, 3.63) is 170 Å². The zero-order valence-electron chi connectivity index (χ0n) is 26.9. The Hall–Kier alpha value is -6.85. The van der Waals surface area contributed by atoms with Crippen LogP contribution in [0.15, 0.2) is 174 Å². The molecular formula is C45H28N4O. The molecule has 0 amide bonds. The molecule has 0 aliphatic rings. The Kier molecular flexibility index (Phi) is 6.42. The van der Waals surface area contributed by atoms with Gasteiger partial charge < -0.3 is 8.98 Å². The molecule has 50 heavy (non-hydrogen) atoms. The molecular weight excluding hydrogens is 613 g/mol. The van der Waals surface area contributed by atoms with Gasteiger partial charge in [0.15, 0.2) is 17.5 Å². The molecule has 0 saturated heterocycles. The van der Waals surface area contributed by atoms with Gasteiger partial charge in [0.25, 0.3) is 0 Å². The summed E-state index contributed by atoms with van der Waals surface area (Å²) in [6.07, 6.45) is 0. The molecule has 7 aromatic carbocycles. The molecule has 3 heterocycles. The van der Waals surface area contributed by atoms with E-state index < -0.39 is 0 Å². The zero-order chi connectivity index (χ0) is 33.0. The third-order valence-electron chi connectivity index (χ3n) is 9.46. The normalized spacial score (nSPS) is 11.6. The topological polar surface area (TPSA) is 56.7 Å². The summed E-state index contributed by atoms with van der Waals surface area (Å²) in [6.45, 7) is 0. The Morgan fingerprint density at radius 2 is 0.940 bits per heavy atom. The summed E-state index contributed by atoms with van der Waals surface area (Å²) in [5.74, 6) is 1.78. The Balaban J connectivity index is 1.16. The standard InChI is InChI=1S/C45H28N4O/c1-3-13-29(14-4-1)31-17-11-18-32(27-31)44-46-43(30-15-5-2-6-16-30)47-45(48-44)38-22-12-21-37-36-26-25-33(28-41(36)50-42(37)38)49-39-23-9-7-19-34(39)35-20-8-10-24-40(35)49/h1-28H. The lowest BCUT2D eigenvalue weighted by Crippen LogP contribution is -2.00. The van der Waals surface area contributed by atoms with Gasteiger partial charge in [0, 0.05) is 44.4 Å². The minimum atomic E-state index is 0.561. The summed E-state index contributed by atoms with van der Waals surface area (Å²) >= 11 is 0. The van der Waals surface area contributed by atoms with Crippen LogP contribution in [-0.4, -0.2) is 19.5 Å². The van der Waals surface area contributed by atoms with Crippen LogP contribution in [-0.2, 0) is 0 Å². The third kappa shape index (κ3) is 4.60. The first-order valence-corrected chi connectivity index (χ1v) is 16.7. The summed E-state index contributed by atoms with van der Waals surface area (Å²) < 4.78 is 9.07. The van der Waals surface area contributed by atoms with Crippen LogP contribution in [0.3, 0.4) is 0 Å². The average Bonchev–Trinajstić information content (AvgIpc) is 3.74. The molecule has 0 aliphatic heterocycles. The molecule has 0 unspecified atom stereocenters. The van der Waals surface area contributed by atoms with E-state index in [1.807, 2.05) is 42.5 Å². The second-order valence-electron chi connectivity index (χ2n) is 12.5. The number of hydrogen-bond donors (Lipinski definition) is 0. The number of rotatable bonds is 5. The van der Waals surface area contributed by atoms with Gasteiger partial charge in [0.1, 0.15) is 11.2 Å². The highest BCUT2D eigenvalue weighted by Gasteiger charge is 2.19. The van der Waals surface area contributed by atoms with Crippen LogP contribution in [0.1, 0.15) is 0 Å². The molecule has 0 radical (unpaired) electrons. The molecule has 5 nitrogen and oxygen atoms in total. The molecule has 0 fully saturated rings. The maximum atomic E-state index is 6.76. The van der Waals surface area contributed by atoms with Gasteiger partial charge in [-0.3, -0.25) is 0 Å². The van der Waals surface area contributed by atoms with E-state index in [1.54, 1.807) is 0 Å². The van der Waals surface area contributed by atoms with Crippen LogP contribution in [0.5, 0.6) is 0 Å². The molecule has 0 N–H and O–H groups in total. The first kappa shape index (κ1) is 28.2. The Morgan fingerprint density at radius 3 is 1.68 bits per heavy atom. The molecule has 3 aromatic heterocycles. The molecule has 10 rings (SSSR count). The highest BCUT2D eigenvalue weighted by Crippen LogP contribution is 2.38. The SMILES string of the molecule is c1ccc(-c2cccc(-c3nc(-c4ccccc4)nc(-c4cccc5c4oc4cc(-n6c7ccccc7c7ccccc76)ccc45)n3)c2)cc1. The summed E-state index contributed by atoms with van der Waals surface area (Å²) in [5, 5.41) is 4.51. The van der Waals surface area contributed by atoms with Gasteiger partial charge in [-0.15, -0.1) is 0 Å². The summed E-state index contributed by atoms with van der Waals surface area (Å²) in [4.78, 5) is 15.1. The van der Waals surface area contributed by atoms with Gasteiger partial charge in [-0.05, 0) is 47.5 Å². The number of nitrogens with zero attached hydrogens (tertiary/aromatic N) is 4. The van der Waals surface area contributed by atoms with Crippen molar-refractivity contribution in [1.82, 2.24) is 19.5 Å². The van der Waals surface area contributed by atoms with Crippen molar-refractivity contribution >= 4 is 43.7 Å². The number of furan rings is 1. The highest BCUT2D eigenvalue weighted by atomic mass is 16.3. The molecule has 0 saturated carbocycles. The summed E-state index contributed by atoms with van der Waals surface area (Å²) in [6, 6.07) is 58.5. The van der Waals surface area contributed by atoms with Crippen molar-refractivity contribution in [1.29, 1.82) is 0 Å². The van der Waals surface area contributed by atoms with Crippen molar-refractivity contribution in [3.63, 3.8) is 0 Å². The molecule has 0 bridgehead atoms. The molecule has 0 atom stereocenters. The van der Waals surface area contributed by atoms with Crippen LogP contribution >= 0.6 is 0 Å². The van der Waals surface area contributed by atoms with Gasteiger partial charge in [0.2, 0.25) is 0 Å². The summed E-state index contributed by atoms with van der Waals surface area (Å²) in [7, 11) is 0. The molecule has 5 heteroatoms. The molecule has 0 spiro atoms. The predicted molar refractivity (Wildman–Crippen MR) is 203 cm³/mol. The fourth-order valence-corrected chi connectivity index (χ4v) is 7.11. The fourth-order valence-electron chi connectivity index (χ4n) is 7.11. The van der Waals surface area contributed by atoms with E-state index in [4.69, 9.17) is 19.4 Å². The lowest BCUT2D eigenvalue weighted by molar-refractivity contribution is 0.669. The van der Waals surface area contributed by atoms with Gasteiger partial charge in [-0.25, -0.2) is 15.0 Å². The maximum Gasteiger partial charge on any atom is 0.167 e. The minimum absolute atomic E-state index is 0.561. The quantitative estimate of drug-likeness (QED) is 0.188. The highest BCUT2D eigenvalue weighted by molar-refractivity contribution is 6.11. The van der Waals surface area contributed by atoms with E-state index in [0.29, 0.717) is 17.5 Å². The van der Waals surface area contributed by atoms with Crippen LogP contribution in [0.25, 0.3) is 94.7 Å². The zero-order valence-corrected chi connectivity index (χ0v) is 26.9. The van der Waals surface area contributed by atoms with Crippen molar-refractivity contribution in [3.8, 4) is 51.0 Å². The van der Waals surface area contributed by atoms with Crippen molar-refractivity contribution < 1.29 is 4.42 Å². The molecule has 234 valence electrons. The van der Waals surface area contributed by atoms with Crippen LogP contribution in [0, 0.1) is 0 Å². The number of para-hydroxylation sites is 3. The lowest BCUT2D eigenvalue weighted by Gasteiger charge is -2.10. The van der Waals surface area contributed by atoms with Crippen molar-refractivity contribution in [2.75, 3.05) is 0 Å². The minimum Gasteiger partial charge on any atom is -0.455 e. The largest absolute Gasteiger partial charge is 0.455 e. The second kappa shape index (κ2) is 11.4. The van der Waals surface area contributed by atoms with Crippen molar-refractivity contribution in [2.45, 2.75) is 0 Å². The van der Waals surface area contributed by atoms with Crippen molar-refractivity contribution in [2.24, 2.45) is 0 Å². The van der Waals surface area contributed by atoms with E-state index in [2.05, 4.69) is 132 Å². The molecule has 0 aliphatic carbocycles. The van der Waals surface area contributed by atoms with Gasteiger partial charge in [0.05, 0.1) is 16.6 Å².